The summed E-state index contributed by atoms with van der Waals surface area (Å²) in [5, 5.41) is 10.2. The molecule has 1 amide bonds. The van der Waals surface area contributed by atoms with Gasteiger partial charge in [0.15, 0.2) is 5.11 Å². The highest BCUT2D eigenvalue weighted by Crippen LogP contribution is 2.39. The highest BCUT2D eigenvalue weighted by molar-refractivity contribution is 7.98. The predicted octanol–water partition coefficient (Wildman–Crippen LogP) is 4.91. The molecular weight excluding hydrogens is 555 g/mol. The molecule has 2 fully saturated rings. The van der Waals surface area contributed by atoms with E-state index in [1.165, 1.54) is 0 Å². The van der Waals surface area contributed by atoms with Crippen LogP contribution in [0.4, 0.5) is 17.1 Å². The van der Waals surface area contributed by atoms with Crippen molar-refractivity contribution in [3.05, 3.63) is 82.3 Å². The molecule has 3 aliphatic heterocycles. The number of carbonyl (C=O) groups excluding carboxylic acids is 1. The summed E-state index contributed by atoms with van der Waals surface area (Å²) in [5.74, 6) is 0.492. The lowest BCUT2D eigenvalue weighted by atomic mass is 9.83. The second kappa shape index (κ2) is 12.3. The number of thiocarbonyl (C=S) groups is 1. The molecule has 2 bridgehead atoms. The number of amides is 1. The average molecular weight is 590 g/mol. The van der Waals surface area contributed by atoms with Crippen molar-refractivity contribution in [1.82, 2.24) is 9.88 Å². The first-order chi connectivity index (χ1) is 20.0. The van der Waals surface area contributed by atoms with Crippen molar-refractivity contribution in [3.63, 3.8) is 0 Å². The van der Waals surface area contributed by atoms with Crippen molar-refractivity contribution >= 4 is 52.1 Å². The van der Waals surface area contributed by atoms with Crippen LogP contribution < -0.4 is 26.4 Å². The van der Waals surface area contributed by atoms with Gasteiger partial charge in [-0.05, 0) is 86.1 Å². The Kier molecular flexibility index (Phi) is 8.32. The maximum Gasteiger partial charge on any atom is 0.251 e. The summed E-state index contributed by atoms with van der Waals surface area (Å²) in [6.45, 7) is 3.59. The highest BCUT2D eigenvalue weighted by Gasteiger charge is 2.35. The summed E-state index contributed by atoms with van der Waals surface area (Å²) >= 11 is 7.41. The Morgan fingerprint density at radius 2 is 1.95 bits per heavy atom. The Labute approximate surface area is 249 Å². The van der Waals surface area contributed by atoms with Crippen LogP contribution in [-0.4, -0.2) is 54.2 Å². The first kappa shape index (κ1) is 27.8. The molecule has 4 heterocycles. The maximum absolute atomic E-state index is 13.1. The molecule has 0 saturated carbocycles. The van der Waals surface area contributed by atoms with E-state index in [1.54, 1.807) is 17.8 Å². The third-order valence-electron chi connectivity index (χ3n) is 8.17. The number of thioether (sulfide) groups is 1. The van der Waals surface area contributed by atoms with Crippen LogP contribution in [0, 0.1) is 5.92 Å². The number of rotatable bonds is 7. The van der Waals surface area contributed by atoms with Crippen LogP contribution in [0.5, 0.6) is 0 Å². The van der Waals surface area contributed by atoms with E-state index in [1.807, 2.05) is 47.2 Å². The van der Waals surface area contributed by atoms with E-state index in [0.717, 1.165) is 73.2 Å². The number of anilines is 3. The number of fused-ring (bicyclic) bond motifs is 4. The maximum atomic E-state index is 13.1. The van der Waals surface area contributed by atoms with Gasteiger partial charge in [-0.25, -0.2) is 0 Å². The number of pyridine rings is 1. The third-order valence-corrected chi connectivity index (χ3v) is 9.10. The zero-order chi connectivity index (χ0) is 28.3. The van der Waals surface area contributed by atoms with E-state index in [0.29, 0.717) is 23.1 Å². The summed E-state index contributed by atoms with van der Waals surface area (Å²) in [4.78, 5) is 29.2. The molecule has 3 unspecified atom stereocenters. The van der Waals surface area contributed by atoms with Gasteiger partial charge in [-0.1, -0.05) is 12.1 Å². The molecule has 3 atom stereocenters. The standard InChI is InChI=1S/C31H35N5O3S2/c1-41-25-7-2-5-23(15-25)33-31(40)34-26-14-21(30(38)32-16-24-6-4-12-39-24)10-11-28(26)35-17-20-13-22(19-35)27-8-3-9-29(37)36(27)18-20/h2-3,5,7-11,14-15,20,22,24H,4,6,12-13,16-19H2,1H3,(H,32,38)(H2,33,34,40). The molecule has 2 aromatic carbocycles. The lowest BCUT2D eigenvalue weighted by Crippen LogP contribution is -2.47. The molecule has 0 radical (unpaired) electrons. The molecule has 10 heteroatoms. The zero-order valence-electron chi connectivity index (χ0n) is 23.1. The highest BCUT2D eigenvalue weighted by atomic mass is 32.2. The van der Waals surface area contributed by atoms with Crippen molar-refractivity contribution < 1.29 is 9.53 Å². The minimum atomic E-state index is -0.134. The fraction of sp³-hybridized carbons (Fsp3) is 0.387. The molecule has 1 aromatic heterocycles. The Morgan fingerprint density at radius 1 is 1.07 bits per heavy atom. The van der Waals surface area contributed by atoms with Gasteiger partial charge in [0.05, 0.1) is 17.5 Å². The van der Waals surface area contributed by atoms with Gasteiger partial charge >= 0.3 is 0 Å². The molecule has 3 aliphatic rings. The number of carbonyl (C=O) groups is 1. The summed E-state index contributed by atoms with van der Waals surface area (Å²) in [5.41, 5.74) is 4.41. The van der Waals surface area contributed by atoms with Gasteiger partial charge < -0.3 is 30.2 Å². The molecule has 0 aliphatic carbocycles. The number of nitrogens with one attached hydrogen (secondary N) is 3. The monoisotopic (exact) mass is 589 g/mol. The van der Waals surface area contributed by atoms with E-state index in [9.17, 15) is 9.59 Å². The lowest BCUT2D eigenvalue weighted by Gasteiger charge is -2.44. The fourth-order valence-corrected chi connectivity index (χ4v) is 6.93. The lowest BCUT2D eigenvalue weighted by molar-refractivity contribution is 0.0858. The van der Waals surface area contributed by atoms with Crippen LogP contribution in [0.15, 0.2) is 70.4 Å². The normalized spacial score (nSPS) is 21.2. The zero-order valence-corrected chi connectivity index (χ0v) is 24.7. The third kappa shape index (κ3) is 6.29. The van der Waals surface area contributed by atoms with Crippen LogP contribution in [0.2, 0.25) is 0 Å². The van der Waals surface area contributed by atoms with Gasteiger partial charge in [-0.15, -0.1) is 11.8 Å². The van der Waals surface area contributed by atoms with Crippen molar-refractivity contribution in [2.24, 2.45) is 5.92 Å². The Hall–Kier alpha value is -3.34. The summed E-state index contributed by atoms with van der Waals surface area (Å²) in [6, 6.07) is 19.5. The van der Waals surface area contributed by atoms with Crippen molar-refractivity contribution in [3.8, 4) is 0 Å². The van der Waals surface area contributed by atoms with E-state index < -0.39 is 0 Å². The van der Waals surface area contributed by atoms with Crippen molar-refractivity contribution in [2.75, 3.05) is 48.0 Å². The Morgan fingerprint density at radius 3 is 2.78 bits per heavy atom. The molecule has 41 heavy (non-hydrogen) atoms. The van der Waals surface area contributed by atoms with Crippen LogP contribution in [-0.2, 0) is 11.3 Å². The number of ether oxygens (including phenoxy) is 1. The van der Waals surface area contributed by atoms with Gasteiger partial charge in [0.1, 0.15) is 0 Å². The van der Waals surface area contributed by atoms with Crippen molar-refractivity contribution in [1.29, 1.82) is 0 Å². The molecule has 3 N–H and O–H groups in total. The first-order valence-corrected chi connectivity index (χ1v) is 15.8. The number of piperidine rings is 1. The summed E-state index contributed by atoms with van der Waals surface area (Å²) < 4.78 is 7.62. The van der Waals surface area contributed by atoms with Gasteiger partial charge in [-0.2, -0.15) is 0 Å². The van der Waals surface area contributed by atoms with Gasteiger partial charge in [0.2, 0.25) is 0 Å². The summed E-state index contributed by atoms with van der Waals surface area (Å²) in [6.07, 6.45) is 5.19. The molecule has 3 aromatic rings. The van der Waals surface area contributed by atoms with Crippen LogP contribution in [0.1, 0.15) is 41.2 Å². The molecule has 8 nitrogen and oxygen atoms in total. The molecule has 6 rings (SSSR count). The number of hydrogen-bond donors (Lipinski definition) is 3. The Bertz CT molecular complexity index is 1500. The number of nitrogens with zero attached hydrogens (tertiary/aromatic N) is 2. The van der Waals surface area contributed by atoms with E-state index in [-0.39, 0.29) is 23.5 Å². The second-order valence-corrected chi connectivity index (χ2v) is 12.3. The smallest absolute Gasteiger partial charge is 0.251 e. The number of aromatic nitrogens is 1. The quantitative estimate of drug-likeness (QED) is 0.265. The topological polar surface area (TPSA) is 87.6 Å². The van der Waals surface area contributed by atoms with Crippen LogP contribution in [0.3, 0.4) is 0 Å². The Balaban J connectivity index is 1.25. The molecule has 2 saturated heterocycles. The predicted molar refractivity (Wildman–Crippen MR) is 170 cm³/mol. The van der Waals surface area contributed by atoms with Crippen molar-refractivity contribution in [2.45, 2.75) is 42.7 Å². The molecule has 214 valence electrons. The second-order valence-electron chi connectivity index (χ2n) is 11.0. The van der Waals surface area contributed by atoms with E-state index >= 15 is 0 Å². The van der Waals surface area contributed by atoms with E-state index in [2.05, 4.69) is 39.0 Å². The first-order valence-electron chi connectivity index (χ1n) is 14.2. The minimum absolute atomic E-state index is 0.0767. The average Bonchev–Trinajstić information content (AvgIpc) is 3.50. The van der Waals surface area contributed by atoms with E-state index in [4.69, 9.17) is 17.0 Å². The number of hydrogen-bond acceptors (Lipinski definition) is 6. The van der Waals surface area contributed by atoms with Gasteiger partial charge in [-0.3, -0.25) is 9.59 Å². The van der Waals surface area contributed by atoms with Gasteiger partial charge in [0, 0.05) is 66.6 Å². The van der Waals surface area contributed by atoms with Crippen LogP contribution >= 0.6 is 24.0 Å². The SMILES string of the molecule is CSc1cccc(NC(=S)Nc2cc(C(=O)NCC3CCCO3)ccc2N2CC3CC(C2)c2cccc(=O)n2C3)c1. The minimum Gasteiger partial charge on any atom is -0.376 e. The largest absolute Gasteiger partial charge is 0.376 e. The molecular formula is C31H35N5O3S2. The number of benzene rings is 2. The fourth-order valence-electron chi connectivity index (χ4n) is 6.25. The van der Waals surface area contributed by atoms with Gasteiger partial charge in [0.25, 0.3) is 11.5 Å². The summed E-state index contributed by atoms with van der Waals surface area (Å²) in [7, 11) is 0. The molecule has 0 spiro atoms. The van der Waals surface area contributed by atoms with Crippen LogP contribution in [0.25, 0.3) is 0 Å².